The Bertz CT molecular complexity index is 562. The number of aromatic nitrogens is 2. The van der Waals surface area contributed by atoms with E-state index in [1.165, 1.54) is 5.56 Å². The summed E-state index contributed by atoms with van der Waals surface area (Å²) in [5.41, 5.74) is 9.48. The molecule has 1 aromatic heterocycles. The summed E-state index contributed by atoms with van der Waals surface area (Å²) in [5, 5.41) is 0. The molecule has 3 heteroatoms. The Morgan fingerprint density at radius 1 is 1.00 bits per heavy atom. The molecule has 3 nitrogen and oxygen atoms in total. The molecule has 1 heterocycles. The molecule has 0 amide bonds. The third-order valence-electron chi connectivity index (χ3n) is 3.54. The predicted octanol–water partition coefficient (Wildman–Crippen LogP) is 3.92. The first-order valence-corrected chi connectivity index (χ1v) is 6.84. The smallest absolute Gasteiger partial charge is 0.131 e. The Balaban J connectivity index is 2.44. The summed E-state index contributed by atoms with van der Waals surface area (Å²) in [6.07, 6.45) is 0. The van der Waals surface area contributed by atoms with Crippen molar-refractivity contribution in [3.8, 4) is 11.3 Å². The van der Waals surface area contributed by atoms with Crippen LogP contribution in [0.5, 0.6) is 0 Å². The normalized spacial score (nSPS) is 11.5. The Morgan fingerprint density at radius 2 is 1.58 bits per heavy atom. The number of nitrogens with two attached hydrogens (primary N) is 1. The Morgan fingerprint density at radius 3 is 2.00 bits per heavy atom. The lowest BCUT2D eigenvalue weighted by atomic mass is 10.0. The molecule has 0 bridgehead atoms. The van der Waals surface area contributed by atoms with Gasteiger partial charge in [0, 0.05) is 18.5 Å². The molecular formula is C16H23N3. The van der Waals surface area contributed by atoms with Gasteiger partial charge in [-0.25, -0.2) is 4.98 Å². The molecule has 0 saturated carbocycles. The van der Waals surface area contributed by atoms with Crippen LogP contribution in [0.4, 0.5) is 5.82 Å². The van der Waals surface area contributed by atoms with Gasteiger partial charge in [0.05, 0.1) is 0 Å². The van der Waals surface area contributed by atoms with E-state index in [9.17, 15) is 0 Å². The first-order chi connectivity index (χ1) is 8.91. The molecule has 0 fully saturated rings. The molecule has 2 N–H and O–H groups in total. The highest BCUT2D eigenvalue weighted by molar-refractivity contribution is 5.71. The zero-order valence-corrected chi connectivity index (χ0v) is 12.4. The van der Waals surface area contributed by atoms with E-state index < -0.39 is 0 Å². The number of anilines is 1. The first kappa shape index (κ1) is 13.7. The molecule has 2 aromatic rings. The molecule has 1 aromatic carbocycles. The van der Waals surface area contributed by atoms with E-state index in [0.29, 0.717) is 11.8 Å². The van der Waals surface area contributed by atoms with Gasteiger partial charge in [-0.1, -0.05) is 52.0 Å². The number of hydrogen-bond acceptors (Lipinski definition) is 2. The fourth-order valence-corrected chi connectivity index (χ4v) is 2.28. The number of benzene rings is 1. The van der Waals surface area contributed by atoms with E-state index in [0.717, 1.165) is 22.9 Å². The van der Waals surface area contributed by atoms with Gasteiger partial charge in [0.1, 0.15) is 17.3 Å². The summed E-state index contributed by atoms with van der Waals surface area (Å²) < 4.78 is 1.98. The molecule has 19 heavy (non-hydrogen) atoms. The second-order valence-electron chi connectivity index (χ2n) is 5.69. The van der Waals surface area contributed by atoms with Crippen LogP contribution in [0.25, 0.3) is 11.3 Å². The highest BCUT2D eigenvalue weighted by Crippen LogP contribution is 2.29. The van der Waals surface area contributed by atoms with Crippen LogP contribution in [0, 0.1) is 0 Å². The van der Waals surface area contributed by atoms with Crippen LogP contribution in [0.1, 0.15) is 50.9 Å². The number of imidazole rings is 1. The molecule has 0 aliphatic heterocycles. The monoisotopic (exact) mass is 257 g/mol. The predicted molar refractivity (Wildman–Crippen MR) is 81.2 cm³/mol. The van der Waals surface area contributed by atoms with Gasteiger partial charge in [0.2, 0.25) is 0 Å². The van der Waals surface area contributed by atoms with Crippen molar-refractivity contribution < 1.29 is 0 Å². The lowest BCUT2D eigenvalue weighted by Gasteiger charge is -2.06. The molecule has 0 aliphatic rings. The minimum absolute atomic E-state index is 0.371. The fourth-order valence-electron chi connectivity index (χ4n) is 2.28. The molecular weight excluding hydrogens is 234 g/mol. The lowest BCUT2D eigenvalue weighted by Crippen LogP contribution is -2.02. The Hall–Kier alpha value is -1.77. The average Bonchev–Trinajstić information content (AvgIpc) is 2.67. The van der Waals surface area contributed by atoms with Crippen molar-refractivity contribution in [1.29, 1.82) is 0 Å². The molecule has 0 atom stereocenters. The summed E-state index contributed by atoms with van der Waals surface area (Å²) >= 11 is 0. The highest BCUT2D eigenvalue weighted by Gasteiger charge is 2.15. The van der Waals surface area contributed by atoms with Crippen LogP contribution in [0.3, 0.4) is 0 Å². The quantitative estimate of drug-likeness (QED) is 0.905. The van der Waals surface area contributed by atoms with Gasteiger partial charge in [-0.2, -0.15) is 0 Å². The Kier molecular flexibility index (Phi) is 3.65. The summed E-state index contributed by atoms with van der Waals surface area (Å²) in [6, 6.07) is 8.53. The van der Waals surface area contributed by atoms with E-state index in [-0.39, 0.29) is 0 Å². The lowest BCUT2D eigenvalue weighted by molar-refractivity contribution is 0.715. The van der Waals surface area contributed by atoms with Gasteiger partial charge in [0.15, 0.2) is 0 Å². The van der Waals surface area contributed by atoms with Crippen LogP contribution in [-0.2, 0) is 7.05 Å². The van der Waals surface area contributed by atoms with Crippen molar-refractivity contribution in [2.45, 2.75) is 39.5 Å². The standard InChI is InChI=1S/C16H23N3/c1-10(2)12-6-8-13(9-7-12)14-15(17)19(5)16(18-14)11(3)4/h6-11H,17H2,1-5H3. The van der Waals surface area contributed by atoms with E-state index in [1.54, 1.807) is 0 Å². The second-order valence-corrected chi connectivity index (χ2v) is 5.69. The molecule has 2 rings (SSSR count). The van der Waals surface area contributed by atoms with Gasteiger partial charge < -0.3 is 10.3 Å². The van der Waals surface area contributed by atoms with Gasteiger partial charge in [0.25, 0.3) is 0 Å². The minimum Gasteiger partial charge on any atom is -0.383 e. The fraction of sp³-hybridized carbons (Fsp3) is 0.438. The van der Waals surface area contributed by atoms with Crippen molar-refractivity contribution in [3.63, 3.8) is 0 Å². The van der Waals surface area contributed by atoms with Gasteiger partial charge >= 0.3 is 0 Å². The van der Waals surface area contributed by atoms with Crippen molar-refractivity contribution in [2.24, 2.45) is 7.05 Å². The molecule has 0 aliphatic carbocycles. The zero-order chi connectivity index (χ0) is 14.2. The maximum absolute atomic E-state index is 6.17. The molecule has 0 saturated heterocycles. The highest BCUT2D eigenvalue weighted by atomic mass is 15.1. The molecule has 0 radical (unpaired) electrons. The zero-order valence-electron chi connectivity index (χ0n) is 12.4. The van der Waals surface area contributed by atoms with E-state index in [1.807, 2.05) is 11.6 Å². The van der Waals surface area contributed by atoms with Crippen LogP contribution < -0.4 is 5.73 Å². The third kappa shape index (κ3) is 2.50. The van der Waals surface area contributed by atoms with Crippen LogP contribution in [0.15, 0.2) is 24.3 Å². The second kappa shape index (κ2) is 5.08. The van der Waals surface area contributed by atoms with Crippen LogP contribution >= 0.6 is 0 Å². The summed E-state index contributed by atoms with van der Waals surface area (Å²) in [5.74, 6) is 2.68. The van der Waals surface area contributed by atoms with Crippen molar-refractivity contribution >= 4 is 5.82 Å². The number of hydrogen-bond donors (Lipinski definition) is 1. The summed E-state index contributed by atoms with van der Waals surface area (Å²) in [7, 11) is 1.98. The van der Waals surface area contributed by atoms with E-state index in [2.05, 4.69) is 52.0 Å². The number of nitrogens with zero attached hydrogens (tertiary/aromatic N) is 2. The SMILES string of the molecule is CC(C)c1ccc(-c2nc(C(C)C)n(C)c2N)cc1. The van der Waals surface area contributed by atoms with E-state index in [4.69, 9.17) is 10.7 Å². The van der Waals surface area contributed by atoms with Crippen LogP contribution in [-0.4, -0.2) is 9.55 Å². The third-order valence-corrected chi connectivity index (χ3v) is 3.54. The largest absolute Gasteiger partial charge is 0.383 e. The van der Waals surface area contributed by atoms with Gasteiger partial charge in [-0.05, 0) is 11.5 Å². The average molecular weight is 257 g/mol. The molecule has 102 valence electrons. The minimum atomic E-state index is 0.371. The van der Waals surface area contributed by atoms with Crippen molar-refractivity contribution in [3.05, 3.63) is 35.7 Å². The molecule has 0 unspecified atom stereocenters. The van der Waals surface area contributed by atoms with Crippen LogP contribution in [0.2, 0.25) is 0 Å². The Labute approximate surface area is 115 Å². The topological polar surface area (TPSA) is 43.8 Å². The molecule has 0 spiro atoms. The maximum Gasteiger partial charge on any atom is 0.131 e. The van der Waals surface area contributed by atoms with Crippen molar-refractivity contribution in [1.82, 2.24) is 9.55 Å². The summed E-state index contributed by atoms with van der Waals surface area (Å²) in [6.45, 7) is 8.66. The van der Waals surface area contributed by atoms with Gasteiger partial charge in [-0.3, -0.25) is 0 Å². The number of nitrogen functional groups attached to an aromatic ring is 1. The first-order valence-electron chi connectivity index (χ1n) is 6.84. The summed E-state index contributed by atoms with van der Waals surface area (Å²) in [4.78, 5) is 4.69. The van der Waals surface area contributed by atoms with E-state index >= 15 is 0 Å². The van der Waals surface area contributed by atoms with Gasteiger partial charge in [-0.15, -0.1) is 0 Å². The number of rotatable bonds is 3. The maximum atomic E-state index is 6.17. The van der Waals surface area contributed by atoms with Crippen molar-refractivity contribution in [2.75, 3.05) is 5.73 Å².